The lowest BCUT2D eigenvalue weighted by Crippen LogP contribution is -2.38. The fourth-order valence-corrected chi connectivity index (χ4v) is 3.69. The molecular formula is C27H31N3O4. The smallest absolute Gasteiger partial charge is 0.358 e. The highest BCUT2D eigenvalue weighted by Crippen LogP contribution is 2.21. The van der Waals surface area contributed by atoms with Gasteiger partial charge in [0.05, 0.1) is 23.3 Å². The number of nitrogens with one attached hydrogen (secondary N) is 1. The number of aromatic nitrogens is 2. The number of aliphatic hydroxyl groups excluding tert-OH is 1. The Morgan fingerprint density at radius 2 is 1.74 bits per heavy atom. The average molecular weight is 462 g/mol. The van der Waals surface area contributed by atoms with E-state index in [1.165, 1.54) is 6.20 Å². The number of para-hydroxylation sites is 2. The Hall–Kier alpha value is -3.58. The van der Waals surface area contributed by atoms with Gasteiger partial charge in [-0.1, -0.05) is 54.1 Å². The van der Waals surface area contributed by atoms with Crippen molar-refractivity contribution in [1.82, 2.24) is 15.3 Å². The zero-order valence-corrected chi connectivity index (χ0v) is 19.8. The Kier molecular flexibility index (Phi) is 8.87. The lowest BCUT2D eigenvalue weighted by Gasteiger charge is -2.26. The summed E-state index contributed by atoms with van der Waals surface area (Å²) in [5, 5.41) is 13.8. The summed E-state index contributed by atoms with van der Waals surface area (Å²) in [5.41, 5.74) is 3.32. The van der Waals surface area contributed by atoms with Crippen LogP contribution in [0, 0.1) is 5.92 Å². The Bertz CT molecular complexity index is 1140. The van der Waals surface area contributed by atoms with Crippen LogP contribution in [0.1, 0.15) is 42.7 Å². The first-order chi connectivity index (χ1) is 16.4. The summed E-state index contributed by atoms with van der Waals surface area (Å²) >= 11 is 0. The molecule has 0 unspecified atom stereocenters. The van der Waals surface area contributed by atoms with E-state index in [2.05, 4.69) is 15.3 Å². The highest BCUT2D eigenvalue weighted by atomic mass is 16.6. The van der Waals surface area contributed by atoms with E-state index in [9.17, 15) is 14.7 Å². The molecule has 2 aromatic carbocycles. The topological polar surface area (TPSA) is 101 Å². The number of amides is 1. The SMILES string of the molecule is CNC(=O)[C@H](CC=C(C)C)C[C@H](O)[C@H](Cc1ccccc1)OC(=O)c1cnc2ccccc2n1. The van der Waals surface area contributed by atoms with E-state index in [0.717, 1.165) is 11.1 Å². The Morgan fingerprint density at radius 1 is 1.06 bits per heavy atom. The number of carbonyl (C=O) groups is 2. The molecule has 34 heavy (non-hydrogen) atoms. The summed E-state index contributed by atoms with van der Waals surface area (Å²) in [4.78, 5) is 34.0. The van der Waals surface area contributed by atoms with Crippen molar-refractivity contribution in [2.45, 2.75) is 45.3 Å². The second-order valence-electron chi connectivity index (χ2n) is 8.51. The monoisotopic (exact) mass is 461 g/mol. The van der Waals surface area contributed by atoms with Crippen molar-refractivity contribution in [3.05, 3.63) is 83.7 Å². The molecule has 7 heteroatoms. The lowest BCUT2D eigenvalue weighted by atomic mass is 9.91. The number of aliphatic hydroxyl groups is 1. The molecule has 0 bridgehead atoms. The highest BCUT2D eigenvalue weighted by Gasteiger charge is 2.30. The van der Waals surface area contributed by atoms with Gasteiger partial charge in [-0.2, -0.15) is 0 Å². The van der Waals surface area contributed by atoms with Gasteiger partial charge in [0.1, 0.15) is 6.10 Å². The summed E-state index contributed by atoms with van der Waals surface area (Å²) in [6.07, 6.45) is 2.37. The zero-order chi connectivity index (χ0) is 24.5. The molecule has 0 aliphatic heterocycles. The second-order valence-corrected chi connectivity index (χ2v) is 8.51. The summed E-state index contributed by atoms with van der Waals surface area (Å²) < 4.78 is 5.75. The Balaban J connectivity index is 1.82. The third-order valence-corrected chi connectivity index (χ3v) is 5.58. The average Bonchev–Trinajstić information content (AvgIpc) is 2.85. The van der Waals surface area contributed by atoms with Crippen molar-refractivity contribution in [3.8, 4) is 0 Å². The van der Waals surface area contributed by atoms with E-state index in [0.29, 0.717) is 23.9 Å². The first-order valence-corrected chi connectivity index (χ1v) is 11.4. The number of esters is 1. The maximum Gasteiger partial charge on any atom is 0.358 e. The van der Waals surface area contributed by atoms with Crippen LogP contribution in [0.5, 0.6) is 0 Å². The molecule has 0 fully saturated rings. The van der Waals surface area contributed by atoms with E-state index in [1.807, 2.05) is 68.5 Å². The summed E-state index contributed by atoms with van der Waals surface area (Å²) in [5.74, 6) is -1.28. The lowest BCUT2D eigenvalue weighted by molar-refractivity contribution is -0.126. The van der Waals surface area contributed by atoms with Crippen LogP contribution in [0.15, 0.2) is 72.4 Å². The summed E-state index contributed by atoms with van der Waals surface area (Å²) in [6.45, 7) is 3.92. The van der Waals surface area contributed by atoms with Gasteiger partial charge in [0, 0.05) is 19.4 Å². The Morgan fingerprint density at radius 3 is 2.41 bits per heavy atom. The number of nitrogens with zero attached hydrogens (tertiary/aromatic N) is 2. The van der Waals surface area contributed by atoms with Gasteiger partial charge in [0.2, 0.25) is 5.91 Å². The fraction of sp³-hybridized carbons (Fsp3) is 0.333. The molecule has 0 radical (unpaired) electrons. The Labute approximate surface area is 199 Å². The molecule has 0 saturated heterocycles. The van der Waals surface area contributed by atoms with Crippen molar-refractivity contribution in [2.75, 3.05) is 7.05 Å². The van der Waals surface area contributed by atoms with E-state index in [4.69, 9.17) is 4.74 Å². The van der Waals surface area contributed by atoms with Crippen LogP contribution in [0.3, 0.4) is 0 Å². The predicted octanol–water partition coefficient (Wildman–Crippen LogP) is 3.87. The molecule has 1 heterocycles. The molecule has 3 aromatic rings. The highest BCUT2D eigenvalue weighted by molar-refractivity contribution is 5.89. The van der Waals surface area contributed by atoms with Gasteiger partial charge in [0.25, 0.3) is 0 Å². The van der Waals surface area contributed by atoms with Crippen molar-refractivity contribution in [1.29, 1.82) is 0 Å². The molecule has 2 N–H and O–H groups in total. The van der Waals surface area contributed by atoms with E-state index >= 15 is 0 Å². The van der Waals surface area contributed by atoms with Gasteiger partial charge < -0.3 is 15.2 Å². The minimum absolute atomic E-state index is 0.0661. The van der Waals surface area contributed by atoms with Crippen molar-refractivity contribution < 1.29 is 19.4 Å². The van der Waals surface area contributed by atoms with Crippen LogP contribution >= 0.6 is 0 Å². The van der Waals surface area contributed by atoms with Crippen LogP contribution in [0.4, 0.5) is 0 Å². The number of ether oxygens (including phenoxy) is 1. The number of rotatable bonds is 10. The molecule has 0 saturated carbocycles. The van der Waals surface area contributed by atoms with Crippen molar-refractivity contribution >= 4 is 22.9 Å². The van der Waals surface area contributed by atoms with Crippen LogP contribution in [-0.2, 0) is 16.0 Å². The number of carbonyl (C=O) groups excluding carboxylic acids is 2. The number of allylic oxidation sites excluding steroid dienone is 2. The first kappa shape index (κ1) is 25.1. The molecule has 7 nitrogen and oxygen atoms in total. The van der Waals surface area contributed by atoms with Crippen LogP contribution in [0.25, 0.3) is 11.0 Å². The molecule has 1 amide bonds. The third-order valence-electron chi connectivity index (χ3n) is 5.58. The number of fused-ring (bicyclic) bond motifs is 1. The normalized spacial score (nSPS) is 13.5. The third kappa shape index (κ3) is 6.96. The van der Waals surface area contributed by atoms with Crippen LogP contribution in [0.2, 0.25) is 0 Å². The molecule has 0 aliphatic rings. The van der Waals surface area contributed by atoms with Crippen molar-refractivity contribution in [2.24, 2.45) is 5.92 Å². The molecular weight excluding hydrogens is 430 g/mol. The quantitative estimate of drug-likeness (QED) is 0.351. The van der Waals surface area contributed by atoms with Crippen LogP contribution in [-0.4, -0.2) is 46.2 Å². The molecule has 3 rings (SSSR count). The van der Waals surface area contributed by atoms with Gasteiger partial charge >= 0.3 is 5.97 Å². The molecule has 0 spiro atoms. The number of benzene rings is 2. The number of hydrogen-bond acceptors (Lipinski definition) is 6. The standard InChI is InChI=1S/C27H31N3O4/c1-18(2)13-14-20(26(32)28-3)16-24(31)25(15-19-9-5-4-6-10-19)34-27(33)23-17-29-21-11-7-8-12-22(21)30-23/h4-13,17,20,24-25,31H,14-16H2,1-3H3,(H,28,32)/t20-,24+,25+/m1/s1. The fourth-order valence-electron chi connectivity index (χ4n) is 3.69. The zero-order valence-electron chi connectivity index (χ0n) is 19.8. The maximum atomic E-state index is 13.0. The van der Waals surface area contributed by atoms with Gasteiger partial charge in [-0.15, -0.1) is 0 Å². The van der Waals surface area contributed by atoms with Gasteiger partial charge in [-0.3, -0.25) is 9.78 Å². The number of hydrogen-bond donors (Lipinski definition) is 2. The van der Waals surface area contributed by atoms with Crippen molar-refractivity contribution in [3.63, 3.8) is 0 Å². The first-order valence-electron chi connectivity index (χ1n) is 11.4. The van der Waals surface area contributed by atoms with Gasteiger partial charge in [0.15, 0.2) is 5.69 Å². The predicted molar refractivity (Wildman–Crippen MR) is 131 cm³/mol. The van der Waals surface area contributed by atoms with E-state index in [-0.39, 0.29) is 18.0 Å². The molecule has 0 aliphatic carbocycles. The summed E-state index contributed by atoms with van der Waals surface area (Å²) in [7, 11) is 1.57. The molecule has 1 aromatic heterocycles. The van der Waals surface area contributed by atoms with Gasteiger partial charge in [-0.05, 0) is 44.4 Å². The van der Waals surface area contributed by atoms with E-state index in [1.54, 1.807) is 13.1 Å². The minimum Gasteiger partial charge on any atom is -0.454 e. The summed E-state index contributed by atoms with van der Waals surface area (Å²) in [6, 6.07) is 16.7. The minimum atomic E-state index is -1.05. The maximum absolute atomic E-state index is 13.0. The second kappa shape index (κ2) is 12.0. The van der Waals surface area contributed by atoms with Crippen LogP contribution < -0.4 is 5.32 Å². The van der Waals surface area contributed by atoms with Gasteiger partial charge in [-0.25, -0.2) is 9.78 Å². The molecule has 178 valence electrons. The van der Waals surface area contributed by atoms with E-state index < -0.39 is 24.1 Å². The molecule has 3 atom stereocenters. The largest absolute Gasteiger partial charge is 0.454 e.